The highest BCUT2D eigenvalue weighted by Crippen LogP contribution is 2.26. The number of hydrogen-bond donors (Lipinski definition) is 2. The van der Waals surface area contributed by atoms with Crippen LogP contribution in [0.3, 0.4) is 0 Å². The van der Waals surface area contributed by atoms with Crippen LogP contribution in [0.4, 0.5) is 4.39 Å². The van der Waals surface area contributed by atoms with Gasteiger partial charge in [-0.05, 0) is 29.8 Å². The van der Waals surface area contributed by atoms with Crippen molar-refractivity contribution in [3.8, 4) is 0 Å². The lowest BCUT2D eigenvalue weighted by Crippen LogP contribution is -2.43. The molecular weight excluding hydrogens is 398 g/mol. The highest BCUT2D eigenvalue weighted by Gasteiger charge is 2.12. The number of carbonyl (C=O) groups excluding carboxylic acids is 3. The Labute approximate surface area is 163 Å². The lowest BCUT2D eigenvalue weighted by Gasteiger charge is -2.08. The van der Waals surface area contributed by atoms with E-state index >= 15 is 0 Å². The maximum absolute atomic E-state index is 13.4. The van der Waals surface area contributed by atoms with Gasteiger partial charge in [-0.15, -0.1) is 0 Å². The molecular formula is C18H13Cl2FN2O4. The molecule has 2 aromatic rings. The van der Waals surface area contributed by atoms with Crippen LogP contribution in [0.15, 0.2) is 48.5 Å². The maximum Gasteiger partial charge on any atom is 0.331 e. The first-order valence-electron chi connectivity index (χ1n) is 7.51. The molecule has 27 heavy (non-hydrogen) atoms. The smallest absolute Gasteiger partial charge is 0.331 e. The fourth-order valence-electron chi connectivity index (χ4n) is 1.87. The standard InChI is InChI=1S/C18H13Cl2FN2O4/c19-13-6-3-4-11(17(13)20)8-9-16(25)27-10-15(24)22-23-18(26)12-5-1-2-7-14(12)21/h1-9H,10H2,(H,22,24)(H,23,26)/b9-8+. The molecule has 0 aliphatic heterocycles. The Morgan fingerprint density at radius 3 is 2.52 bits per heavy atom. The third kappa shape index (κ3) is 6.09. The van der Waals surface area contributed by atoms with Gasteiger partial charge >= 0.3 is 5.97 Å². The van der Waals surface area contributed by atoms with E-state index in [0.29, 0.717) is 10.6 Å². The number of hydrogen-bond acceptors (Lipinski definition) is 4. The number of esters is 1. The van der Waals surface area contributed by atoms with Crippen molar-refractivity contribution in [3.05, 3.63) is 75.5 Å². The van der Waals surface area contributed by atoms with Gasteiger partial charge in [-0.25, -0.2) is 9.18 Å². The van der Waals surface area contributed by atoms with Crippen molar-refractivity contribution in [2.45, 2.75) is 0 Å². The molecule has 2 amide bonds. The van der Waals surface area contributed by atoms with Crippen molar-refractivity contribution in [2.24, 2.45) is 0 Å². The third-order valence-corrected chi connectivity index (χ3v) is 3.99. The zero-order valence-corrected chi connectivity index (χ0v) is 15.2. The Balaban J connectivity index is 1.79. The van der Waals surface area contributed by atoms with Crippen LogP contribution in [-0.2, 0) is 14.3 Å². The van der Waals surface area contributed by atoms with Gasteiger partial charge in [0.2, 0.25) is 0 Å². The number of carbonyl (C=O) groups is 3. The molecule has 0 atom stereocenters. The predicted octanol–water partition coefficient (Wildman–Crippen LogP) is 3.15. The van der Waals surface area contributed by atoms with Crippen LogP contribution in [-0.4, -0.2) is 24.4 Å². The minimum atomic E-state index is -0.844. The summed E-state index contributed by atoms with van der Waals surface area (Å²) < 4.78 is 18.1. The van der Waals surface area contributed by atoms with E-state index in [1.807, 2.05) is 10.9 Å². The van der Waals surface area contributed by atoms with Crippen molar-refractivity contribution in [1.82, 2.24) is 10.9 Å². The van der Waals surface area contributed by atoms with Crippen molar-refractivity contribution in [3.63, 3.8) is 0 Å². The molecule has 0 aliphatic rings. The maximum atomic E-state index is 13.4. The van der Waals surface area contributed by atoms with Crippen molar-refractivity contribution < 1.29 is 23.5 Å². The molecule has 140 valence electrons. The molecule has 2 aromatic carbocycles. The highest BCUT2D eigenvalue weighted by molar-refractivity contribution is 6.42. The van der Waals surface area contributed by atoms with Gasteiger partial charge in [0.25, 0.3) is 11.8 Å². The Morgan fingerprint density at radius 2 is 1.78 bits per heavy atom. The lowest BCUT2D eigenvalue weighted by molar-refractivity contribution is -0.144. The number of hydrazine groups is 1. The van der Waals surface area contributed by atoms with Gasteiger partial charge in [-0.3, -0.25) is 20.4 Å². The summed E-state index contributed by atoms with van der Waals surface area (Å²) in [5.74, 6) is -3.19. The first-order chi connectivity index (χ1) is 12.9. The molecule has 0 saturated heterocycles. The summed E-state index contributed by atoms with van der Waals surface area (Å²) in [5.41, 5.74) is 4.29. The summed E-state index contributed by atoms with van der Waals surface area (Å²) in [5, 5.41) is 0.606. The van der Waals surface area contributed by atoms with Gasteiger partial charge < -0.3 is 4.74 Å². The summed E-state index contributed by atoms with van der Waals surface area (Å²) in [6, 6.07) is 10.2. The van der Waals surface area contributed by atoms with E-state index in [2.05, 4.69) is 0 Å². The summed E-state index contributed by atoms with van der Waals surface area (Å²) in [6.07, 6.45) is 2.46. The average molecular weight is 411 g/mol. The van der Waals surface area contributed by atoms with E-state index in [1.165, 1.54) is 24.3 Å². The minimum Gasteiger partial charge on any atom is -0.452 e. The van der Waals surface area contributed by atoms with E-state index in [9.17, 15) is 18.8 Å². The molecule has 0 saturated carbocycles. The largest absolute Gasteiger partial charge is 0.452 e. The summed E-state index contributed by atoms with van der Waals surface area (Å²) >= 11 is 11.8. The molecule has 0 aliphatic carbocycles. The van der Waals surface area contributed by atoms with E-state index < -0.39 is 30.2 Å². The van der Waals surface area contributed by atoms with Crippen LogP contribution in [0.1, 0.15) is 15.9 Å². The monoisotopic (exact) mass is 410 g/mol. The van der Waals surface area contributed by atoms with E-state index in [-0.39, 0.29) is 10.6 Å². The highest BCUT2D eigenvalue weighted by atomic mass is 35.5. The van der Waals surface area contributed by atoms with E-state index in [4.69, 9.17) is 27.9 Å². The van der Waals surface area contributed by atoms with Gasteiger partial charge in [0.05, 0.1) is 15.6 Å². The number of amides is 2. The van der Waals surface area contributed by atoms with Crippen molar-refractivity contribution in [1.29, 1.82) is 0 Å². The second-order valence-corrected chi connectivity index (χ2v) is 5.85. The number of ether oxygens (including phenoxy) is 1. The first-order valence-corrected chi connectivity index (χ1v) is 8.26. The number of rotatable bonds is 5. The number of benzene rings is 2. The van der Waals surface area contributed by atoms with Gasteiger partial charge in [-0.2, -0.15) is 0 Å². The molecule has 2 rings (SSSR count). The fourth-order valence-corrected chi connectivity index (χ4v) is 2.24. The SMILES string of the molecule is O=C(COC(=O)/C=C/c1cccc(Cl)c1Cl)NNC(=O)c1ccccc1F. The molecule has 0 aromatic heterocycles. The Morgan fingerprint density at radius 1 is 1.04 bits per heavy atom. The third-order valence-electron chi connectivity index (χ3n) is 3.16. The second-order valence-electron chi connectivity index (χ2n) is 5.07. The normalized spacial score (nSPS) is 10.5. The van der Waals surface area contributed by atoms with Crippen LogP contribution >= 0.6 is 23.2 Å². The van der Waals surface area contributed by atoms with Crippen LogP contribution in [0.2, 0.25) is 10.0 Å². The Bertz CT molecular complexity index is 903. The molecule has 0 fully saturated rings. The van der Waals surface area contributed by atoms with Crippen LogP contribution in [0, 0.1) is 5.82 Å². The van der Waals surface area contributed by atoms with Crippen molar-refractivity contribution >= 4 is 47.1 Å². The summed E-state index contributed by atoms with van der Waals surface area (Å²) in [6.45, 7) is -0.649. The van der Waals surface area contributed by atoms with Crippen LogP contribution < -0.4 is 10.9 Å². The molecule has 6 nitrogen and oxygen atoms in total. The average Bonchev–Trinajstić information content (AvgIpc) is 2.66. The Hall–Kier alpha value is -2.90. The topological polar surface area (TPSA) is 84.5 Å². The predicted molar refractivity (Wildman–Crippen MR) is 98.5 cm³/mol. The molecule has 0 unspecified atom stereocenters. The zero-order chi connectivity index (χ0) is 19.8. The fraction of sp³-hybridized carbons (Fsp3) is 0.0556. The quantitative estimate of drug-likeness (QED) is 0.450. The first kappa shape index (κ1) is 20.4. The summed E-state index contributed by atoms with van der Waals surface area (Å²) in [7, 11) is 0. The minimum absolute atomic E-state index is 0.240. The molecule has 0 radical (unpaired) electrons. The second kappa shape index (κ2) is 9.70. The van der Waals surface area contributed by atoms with Crippen molar-refractivity contribution in [2.75, 3.05) is 6.61 Å². The number of halogens is 3. The molecule has 0 bridgehead atoms. The molecule has 9 heteroatoms. The van der Waals surface area contributed by atoms with Gasteiger partial charge in [-0.1, -0.05) is 47.5 Å². The molecule has 0 heterocycles. The van der Waals surface area contributed by atoms with Crippen LogP contribution in [0.5, 0.6) is 0 Å². The Kier molecular flexibility index (Phi) is 7.34. The van der Waals surface area contributed by atoms with Gasteiger partial charge in [0, 0.05) is 6.08 Å². The van der Waals surface area contributed by atoms with E-state index in [0.717, 1.165) is 12.1 Å². The number of nitrogens with one attached hydrogen (secondary N) is 2. The zero-order valence-electron chi connectivity index (χ0n) is 13.7. The van der Waals surface area contributed by atoms with E-state index in [1.54, 1.807) is 18.2 Å². The molecule has 2 N–H and O–H groups in total. The summed E-state index contributed by atoms with van der Waals surface area (Å²) in [4.78, 5) is 34.9. The lowest BCUT2D eigenvalue weighted by atomic mass is 10.2. The van der Waals surface area contributed by atoms with Gasteiger partial charge in [0.15, 0.2) is 6.61 Å². The van der Waals surface area contributed by atoms with Crippen LogP contribution in [0.25, 0.3) is 6.08 Å². The molecule has 0 spiro atoms. The van der Waals surface area contributed by atoms with Gasteiger partial charge in [0.1, 0.15) is 5.82 Å².